The van der Waals surface area contributed by atoms with Crippen molar-refractivity contribution in [2.45, 2.75) is 26.0 Å². The van der Waals surface area contributed by atoms with Crippen LogP contribution in [0.25, 0.3) is 11.3 Å². The monoisotopic (exact) mass is 414 g/mol. The van der Waals surface area contributed by atoms with Crippen LogP contribution in [0.2, 0.25) is 0 Å². The van der Waals surface area contributed by atoms with E-state index in [1.165, 1.54) is 0 Å². The van der Waals surface area contributed by atoms with Crippen LogP contribution in [0, 0.1) is 0 Å². The van der Waals surface area contributed by atoms with Crippen LogP contribution in [-0.4, -0.2) is 49.4 Å². The van der Waals surface area contributed by atoms with Crippen molar-refractivity contribution in [1.29, 1.82) is 0 Å². The quantitative estimate of drug-likeness (QED) is 0.446. The van der Waals surface area contributed by atoms with Crippen LogP contribution in [0.5, 0.6) is 0 Å². The van der Waals surface area contributed by atoms with E-state index >= 15 is 0 Å². The molecule has 1 atom stereocenters. The average Bonchev–Trinajstić information content (AvgIpc) is 3.11. The minimum atomic E-state index is -0.442. The van der Waals surface area contributed by atoms with Gasteiger partial charge >= 0.3 is 0 Å². The van der Waals surface area contributed by atoms with Gasteiger partial charge in [0.25, 0.3) is 0 Å². The zero-order chi connectivity index (χ0) is 17.5. The van der Waals surface area contributed by atoms with Gasteiger partial charge in [-0.2, -0.15) is 0 Å². The van der Waals surface area contributed by atoms with Gasteiger partial charge in [-0.25, -0.2) is 0 Å². The fourth-order valence-electron chi connectivity index (χ4n) is 3.02. The molecule has 5 nitrogen and oxygen atoms in total. The fraction of sp³-hybridized carbons (Fsp3) is 0.500. The van der Waals surface area contributed by atoms with Crippen molar-refractivity contribution in [3.05, 3.63) is 47.7 Å². The summed E-state index contributed by atoms with van der Waals surface area (Å²) in [5.74, 6) is 1.81. The van der Waals surface area contributed by atoms with Crippen LogP contribution in [0.1, 0.15) is 30.8 Å². The predicted octanol–water partition coefficient (Wildman–Crippen LogP) is -3.18. The molecule has 152 valence electrons. The first-order valence-corrected chi connectivity index (χ1v) is 9.10. The predicted molar refractivity (Wildman–Crippen MR) is 98.4 cm³/mol. The summed E-state index contributed by atoms with van der Waals surface area (Å²) in [6.45, 7) is 8.44. The van der Waals surface area contributed by atoms with Crippen LogP contribution in [0.15, 0.2) is 40.8 Å². The van der Waals surface area contributed by atoms with Gasteiger partial charge in [0.15, 0.2) is 0 Å². The molecule has 1 aromatic carbocycles. The molecular formula is C20H28Cl2N2O3-2. The molecule has 2 N–H and O–H groups in total. The first-order chi connectivity index (χ1) is 12.2. The van der Waals surface area contributed by atoms with E-state index in [1.807, 2.05) is 36.4 Å². The molecule has 1 unspecified atom stereocenters. The number of halogens is 2. The molecule has 0 radical (unpaired) electrons. The molecule has 2 heterocycles. The van der Waals surface area contributed by atoms with Gasteiger partial charge in [-0.1, -0.05) is 24.3 Å². The maximum atomic E-state index is 9.57. The molecule has 1 aliphatic heterocycles. The summed E-state index contributed by atoms with van der Waals surface area (Å²) < 4.78 is 11.3. The summed E-state index contributed by atoms with van der Waals surface area (Å²) in [6.07, 6.45) is 0.692. The molecule has 1 aliphatic rings. The molecule has 0 bridgehead atoms. The molecule has 7 heteroatoms. The molecule has 0 amide bonds. The Kier molecular flexibility index (Phi) is 11.0. The topological polar surface area (TPSA) is 57.9 Å². The molecule has 1 saturated heterocycles. The van der Waals surface area contributed by atoms with E-state index in [1.54, 1.807) is 6.92 Å². The molecular weight excluding hydrogens is 387 g/mol. The highest BCUT2D eigenvalue weighted by molar-refractivity contribution is 5.58. The van der Waals surface area contributed by atoms with Crippen LogP contribution in [0.3, 0.4) is 0 Å². The van der Waals surface area contributed by atoms with Gasteiger partial charge in [0.2, 0.25) is 0 Å². The van der Waals surface area contributed by atoms with Crippen molar-refractivity contribution in [1.82, 2.24) is 10.2 Å². The third kappa shape index (κ3) is 7.45. The lowest BCUT2D eigenvalue weighted by atomic mass is 10.1. The molecule has 0 saturated carbocycles. The number of hydrogen-bond acceptors (Lipinski definition) is 5. The maximum Gasteiger partial charge on any atom is 0.134 e. The molecule has 2 aromatic rings. The van der Waals surface area contributed by atoms with Crippen molar-refractivity contribution in [3.8, 4) is 11.3 Å². The van der Waals surface area contributed by atoms with E-state index in [0.717, 1.165) is 75.0 Å². The third-order valence-corrected chi connectivity index (χ3v) is 4.57. The van der Waals surface area contributed by atoms with Gasteiger partial charge in [0, 0.05) is 18.7 Å². The summed E-state index contributed by atoms with van der Waals surface area (Å²) in [7, 11) is 0. The van der Waals surface area contributed by atoms with Crippen LogP contribution in [0.4, 0.5) is 0 Å². The Morgan fingerprint density at radius 2 is 1.78 bits per heavy atom. The molecule has 1 aromatic heterocycles. The summed E-state index contributed by atoms with van der Waals surface area (Å²) >= 11 is 0. The van der Waals surface area contributed by atoms with Gasteiger partial charge in [0.1, 0.15) is 11.5 Å². The SMILES string of the molecule is CC(O)c1ccc(-c2ccc(CNCCCN3CCOCC3)o2)cc1.[Cl-].[Cl-]. The van der Waals surface area contributed by atoms with Crippen molar-refractivity contribution in [2.24, 2.45) is 0 Å². The van der Waals surface area contributed by atoms with E-state index < -0.39 is 6.10 Å². The highest BCUT2D eigenvalue weighted by Gasteiger charge is 2.09. The Hall–Kier alpha value is -1.08. The van der Waals surface area contributed by atoms with Gasteiger partial charge in [-0.05, 0) is 44.1 Å². The second-order valence-electron chi connectivity index (χ2n) is 6.55. The zero-order valence-electron chi connectivity index (χ0n) is 15.7. The molecule has 0 spiro atoms. The third-order valence-electron chi connectivity index (χ3n) is 4.57. The Bertz CT molecular complexity index is 641. The first kappa shape index (κ1) is 24.0. The summed E-state index contributed by atoms with van der Waals surface area (Å²) in [6, 6.07) is 11.9. The number of hydrogen-bond donors (Lipinski definition) is 2. The maximum absolute atomic E-state index is 9.57. The lowest BCUT2D eigenvalue weighted by Crippen LogP contribution is -3.00. The standard InChI is InChI=1S/C20H28N2O3.2ClH/c1-16(23)17-3-5-18(6-4-17)20-8-7-19(25-20)15-21-9-2-10-22-11-13-24-14-12-22;;/h3-8,16,21,23H,2,9-15H2,1H3;2*1H/p-2. The van der Waals surface area contributed by atoms with Crippen molar-refractivity contribution < 1.29 is 39.1 Å². The van der Waals surface area contributed by atoms with Crippen LogP contribution in [-0.2, 0) is 11.3 Å². The second kappa shape index (κ2) is 12.4. The lowest BCUT2D eigenvalue weighted by Gasteiger charge is -2.26. The summed E-state index contributed by atoms with van der Waals surface area (Å²) in [5.41, 5.74) is 1.94. The Balaban J connectivity index is 0.00000182. The Morgan fingerprint density at radius 3 is 2.44 bits per heavy atom. The second-order valence-corrected chi connectivity index (χ2v) is 6.55. The van der Waals surface area contributed by atoms with Crippen molar-refractivity contribution >= 4 is 0 Å². The molecule has 27 heavy (non-hydrogen) atoms. The number of nitrogens with one attached hydrogen (secondary N) is 1. The lowest BCUT2D eigenvalue weighted by molar-refractivity contribution is -0.001000. The van der Waals surface area contributed by atoms with E-state index in [4.69, 9.17) is 9.15 Å². The number of morpholine rings is 1. The van der Waals surface area contributed by atoms with Gasteiger partial charge in [-0.3, -0.25) is 4.90 Å². The minimum Gasteiger partial charge on any atom is -1.00 e. The number of ether oxygens (including phenoxy) is 1. The molecule has 3 rings (SSSR count). The smallest absolute Gasteiger partial charge is 0.134 e. The highest BCUT2D eigenvalue weighted by Crippen LogP contribution is 2.24. The number of furan rings is 1. The Morgan fingerprint density at radius 1 is 1.07 bits per heavy atom. The number of rotatable bonds is 8. The summed E-state index contributed by atoms with van der Waals surface area (Å²) in [4.78, 5) is 2.45. The fourth-order valence-corrected chi connectivity index (χ4v) is 3.02. The molecule has 0 aliphatic carbocycles. The number of aliphatic hydroxyl groups is 1. The van der Waals surface area contributed by atoms with Crippen LogP contribution < -0.4 is 30.1 Å². The van der Waals surface area contributed by atoms with E-state index in [0.29, 0.717) is 0 Å². The van der Waals surface area contributed by atoms with Crippen LogP contribution >= 0.6 is 0 Å². The highest BCUT2D eigenvalue weighted by atomic mass is 35.5. The number of benzene rings is 1. The number of nitrogens with zero attached hydrogens (tertiary/aromatic N) is 1. The first-order valence-electron chi connectivity index (χ1n) is 9.10. The minimum absolute atomic E-state index is 0. The molecule has 1 fully saturated rings. The van der Waals surface area contributed by atoms with Crippen molar-refractivity contribution in [3.63, 3.8) is 0 Å². The van der Waals surface area contributed by atoms with E-state index in [-0.39, 0.29) is 24.8 Å². The van der Waals surface area contributed by atoms with Gasteiger partial charge in [0.05, 0.1) is 25.9 Å². The van der Waals surface area contributed by atoms with E-state index in [9.17, 15) is 5.11 Å². The average molecular weight is 415 g/mol. The number of aliphatic hydroxyl groups excluding tert-OH is 1. The summed E-state index contributed by atoms with van der Waals surface area (Å²) in [5, 5.41) is 13.0. The zero-order valence-corrected chi connectivity index (χ0v) is 17.2. The largest absolute Gasteiger partial charge is 1.00 e. The van der Waals surface area contributed by atoms with E-state index in [2.05, 4.69) is 10.2 Å². The Labute approximate surface area is 173 Å². The normalized spacial score (nSPS) is 15.6. The van der Waals surface area contributed by atoms with Gasteiger partial charge < -0.3 is 44.4 Å². The van der Waals surface area contributed by atoms with Gasteiger partial charge in [-0.15, -0.1) is 0 Å². The van der Waals surface area contributed by atoms with Crippen molar-refractivity contribution in [2.75, 3.05) is 39.4 Å².